The molecule has 0 heterocycles. The van der Waals surface area contributed by atoms with Gasteiger partial charge in [0.15, 0.2) is 34.5 Å². The number of benzene rings is 4. The summed E-state index contributed by atoms with van der Waals surface area (Å²) in [6.07, 6.45) is 22.7. The average molecular weight is 831 g/mol. The summed E-state index contributed by atoms with van der Waals surface area (Å²) in [6, 6.07) is 12.9. The van der Waals surface area contributed by atoms with Crippen molar-refractivity contribution < 1.29 is 38.3 Å². The number of carbonyl (C=O) groups is 1. The lowest BCUT2D eigenvalue weighted by Crippen LogP contribution is -2.05. The zero-order valence-electron chi connectivity index (χ0n) is 38.1. The van der Waals surface area contributed by atoms with E-state index in [0.29, 0.717) is 51.0 Å². The maximum Gasteiger partial charge on any atom is 0.303 e. The summed E-state index contributed by atoms with van der Waals surface area (Å²) < 4.78 is 39.3. The Morgan fingerprint density at radius 3 is 0.717 bits per heavy atom. The third-order valence-electron chi connectivity index (χ3n) is 11.2. The number of fused-ring (bicyclic) bond motifs is 6. The van der Waals surface area contributed by atoms with Crippen LogP contribution >= 0.6 is 0 Å². The fourth-order valence-electron chi connectivity index (χ4n) is 7.65. The third-order valence-corrected chi connectivity index (χ3v) is 11.2. The van der Waals surface area contributed by atoms with Crippen LogP contribution in [-0.2, 0) is 4.79 Å². The lowest BCUT2D eigenvalue weighted by molar-refractivity contribution is -0.137. The Balaban J connectivity index is 1.96. The van der Waals surface area contributed by atoms with Gasteiger partial charge in [0.1, 0.15) is 0 Å². The standard InChI is InChI=1S/C52H78O8/c1-6-11-16-21-28-55-46-34-40-41-35-47(56-29-22-17-12-7-2)49(58-31-24-19-14-9-4)37-43(41)45-39-51(60-33-26-27-52(53)54)50(59-32-25-20-15-10-5)38-44(45)42(40)36-48(46)57-30-23-18-13-8-3/h34-39H,6-33H2,1-5H3,(H,53,54). The molecule has 0 bridgehead atoms. The van der Waals surface area contributed by atoms with Crippen LogP contribution in [0.3, 0.4) is 0 Å². The zero-order valence-corrected chi connectivity index (χ0v) is 38.1. The highest BCUT2D eigenvalue weighted by molar-refractivity contribution is 6.26. The van der Waals surface area contributed by atoms with Crippen LogP contribution in [0.25, 0.3) is 32.3 Å². The maximum absolute atomic E-state index is 11.4. The molecule has 0 atom stereocenters. The monoisotopic (exact) mass is 831 g/mol. The fourth-order valence-corrected chi connectivity index (χ4v) is 7.65. The third kappa shape index (κ3) is 15.8. The zero-order chi connectivity index (χ0) is 42.8. The van der Waals surface area contributed by atoms with E-state index >= 15 is 0 Å². The molecule has 0 fully saturated rings. The van der Waals surface area contributed by atoms with E-state index in [1.807, 2.05) is 0 Å². The van der Waals surface area contributed by atoms with Crippen LogP contribution in [0.15, 0.2) is 36.4 Å². The summed E-state index contributed by atoms with van der Waals surface area (Å²) in [4.78, 5) is 11.4. The highest BCUT2D eigenvalue weighted by Gasteiger charge is 2.21. The molecule has 4 rings (SSSR count). The smallest absolute Gasteiger partial charge is 0.303 e. The minimum Gasteiger partial charge on any atom is -0.490 e. The van der Waals surface area contributed by atoms with E-state index in [9.17, 15) is 9.90 Å². The summed E-state index contributed by atoms with van der Waals surface area (Å²) in [5.41, 5.74) is 0. The summed E-state index contributed by atoms with van der Waals surface area (Å²) in [7, 11) is 0. The van der Waals surface area contributed by atoms with Crippen LogP contribution in [0.5, 0.6) is 34.5 Å². The summed E-state index contributed by atoms with van der Waals surface area (Å²) >= 11 is 0. The molecule has 8 heteroatoms. The molecule has 0 unspecified atom stereocenters. The number of unbranched alkanes of at least 4 members (excludes halogenated alkanes) is 15. The predicted octanol–water partition coefficient (Wildman–Crippen LogP) is 15.2. The molecule has 0 aliphatic carbocycles. The second kappa shape index (κ2) is 28.5. The number of hydrogen-bond donors (Lipinski definition) is 1. The van der Waals surface area contributed by atoms with Gasteiger partial charge < -0.3 is 33.5 Å². The van der Waals surface area contributed by atoms with Crippen molar-refractivity contribution in [2.24, 2.45) is 0 Å². The molecule has 8 nitrogen and oxygen atoms in total. The number of rotatable bonds is 35. The van der Waals surface area contributed by atoms with Crippen molar-refractivity contribution in [2.75, 3.05) is 39.6 Å². The van der Waals surface area contributed by atoms with E-state index in [-0.39, 0.29) is 13.0 Å². The van der Waals surface area contributed by atoms with Crippen LogP contribution < -0.4 is 28.4 Å². The lowest BCUT2D eigenvalue weighted by atomic mass is 9.93. The first-order chi connectivity index (χ1) is 29.4. The predicted molar refractivity (Wildman–Crippen MR) is 250 cm³/mol. The average Bonchev–Trinajstić information content (AvgIpc) is 3.25. The first-order valence-corrected chi connectivity index (χ1v) is 24.0. The molecule has 0 amide bonds. The first kappa shape index (κ1) is 48.6. The summed E-state index contributed by atoms with van der Waals surface area (Å²) in [6.45, 7) is 14.5. The summed E-state index contributed by atoms with van der Waals surface area (Å²) in [5, 5.41) is 15.5. The Bertz CT molecular complexity index is 1780. The van der Waals surface area contributed by atoms with Gasteiger partial charge in [-0.15, -0.1) is 0 Å². The van der Waals surface area contributed by atoms with E-state index in [0.717, 1.165) is 132 Å². The largest absolute Gasteiger partial charge is 0.490 e. The van der Waals surface area contributed by atoms with Gasteiger partial charge in [-0.05, 0) is 107 Å². The van der Waals surface area contributed by atoms with Gasteiger partial charge in [-0.25, -0.2) is 0 Å². The van der Waals surface area contributed by atoms with Crippen LogP contribution in [0.2, 0.25) is 0 Å². The number of carboxylic acid groups (broad SMARTS) is 1. The van der Waals surface area contributed by atoms with Gasteiger partial charge in [-0.2, -0.15) is 0 Å². The molecule has 4 aromatic rings. The quantitative estimate of drug-likeness (QED) is 0.0362. The SMILES string of the molecule is CCCCCCOc1cc2c3cc(OCCCCCC)c(OCCCCCC)cc3c3cc(OCCCC(=O)O)c(OCCCCCC)cc3c2cc1OCCCCCC. The van der Waals surface area contributed by atoms with Crippen molar-refractivity contribution in [1.29, 1.82) is 0 Å². The van der Waals surface area contributed by atoms with Gasteiger partial charge in [0.05, 0.1) is 39.6 Å². The second-order valence-electron chi connectivity index (χ2n) is 16.4. The Morgan fingerprint density at radius 1 is 0.333 bits per heavy atom. The van der Waals surface area contributed by atoms with E-state index in [2.05, 4.69) is 71.0 Å². The second-order valence-corrected chi connectivity index (χ2v) is 16.4. The molecule has 4 aromatic carbocycles. The van der Waals surface area contributed by atoms with Crippen LogP contribution in [0, 0.1) is 0 Å². The van der Waals surface area contributed by atoms with Gasteiger partial charge in [0.2, 0.25) is 0 Å². The van der Waals surface area contributed by atoms with Gasteiger partial charge in [-0.3, -0.25) is 4.79 Å². The molecule has 334 valence electrons. The van der Waals surface area contributed by atoms with Gasteiger partial charge in [0, 0.05) is 6.42 Å². The number of aliphatic carboxylic acids is 1. The lowest BCUT2D eigenvalue weighted by Gasteiger charge is -2.21. The fraction of sp³-hybridized carbons (Fsp3) is 0.635. The first-order valence-electron chi connectivity index (χ1n) is 24.0. The van der Waals surface area contributed by atoms with Gasteiger partial charge >= 0.3 is 5.97 Å². The number of hydrogen-bond acceptors (Lipinski definition) is 7. The molecule has 0 aliphatic rings. The van der Waals surface area contributed by atoms with Crippen LogP contribution in [0.1, 0.15) is 176 Å². The van der Waals surface area contributed by atoms with Crippen LogP contribution in [0.4, 0.5) is 0 Å². The molecule has 0 aromatic heterocycles. The molecule has 0 saturated heterocycles. The molecular weight excluding hydrogens is 753 g/mol. The van der Waals surface area contributed by atoms with Crippen molar-refractivity contribution in [1.82, 2.24) is 0 Å². The van der Waals surface area contributed by atoms with Crippen molar-refractivity contribution in [3.05, 3.63) is 36.4 Å². The Kier molecular flexibility index (Phi) is 23.0. The summed E-state index contributed by atoms with van der Waals surface area (Å²) in [5.74, 6) is 3.46. The van der Waals surface area contributed by atoms with E-state index in [4.69, 9.17) is 28.4 Å². The van der Waals surface area contributed by atoms with Crippen molar-refractivity contribution in [2.45, 2.75) is 176 Å². The Labute approximate surface area is 362 Å². The number of carboxylic acids is 1. The molecule has 0 saturated carbocycles. The van der Waals surface area contributed by atoms with E-state index < -0.39 is 5.97 Å². The van der Waals surface area contributed by atoms with Gasteiger partial charge in [0.25, 0.3) is 0 Å². The normalized spacial score (nSPS) is 11.4. The maximum atomic E-state index is 11.4. The molecule has 60 heavy (non-hydrogen) atoms. The van der Waals surface area contributed by atoms with Crippen molar-refractivity contribution in [3.8, 4) is 34.5 Å². The minimum atomic E-state index is -0.833. The molecule has 0 spiro atoms. The Hall–Kier alpha value is -4.07. The molecular formula is C52H78O8. The number of ether oxygens (including phenoxy) is 6. The van der Waals surface area contributed by atoms with Gasteiger partial charge in [-0.1, -0.05) is 131 Å². The topological polar surface area (TPSA) is 92.7 Å². The molecule has 1 N–H and O–H groups in total. The van der Waals surface area contributed by atoms with E-state index in [1.165, 1.54) is 51.4 Å². The minimum absolute atomic E-state index is 0.0404. The van der Waals surface area contributed by atoms with Crippen LogP contribution in [-0.4, -0.2) is 50.7 Å². The van der Waals surface area contributed by atoms with E-state index in [1.54, 1.807) is 0 Å². The highest BCUT2D eigenvalue weighted by atomic mass is 16.5. The van der Waals surface area contributed by atoms with Crippen molar-refractivity contribution in [3.63, 3.8) is 0 Å². The molecule has 0 radical (unpaired) electrons. The highest BCUT2D eigenvalue weighted by Crippen LogP contribution is 2.47. The molecule has 0 aliphatic heterocycles. The van der Waals surface area contributed by atoms with Crippen molar-refractivity contribution >= 4 is 38.3 Å². The Morgan fingerprint density at radius 2 is 0.533 bits per heavy atom.